The summed E-state index contributed by atoms with van der Waals surface area (Å²) in [5.74, 6) is 0.470. The van der Waals surface area contributed by atoms with Gasteiger partial charge in [0.25, 0.3) is 5.91 Å². The van der Waals surface area contributed by atoms with Crippen molar-refractivity contribution in [1.29, 1.82) is 0 Å². The Bertz CT molecular complexity index is 812. The topological polar surface area (TPSA) is 62.7 Å². The van der Waals surface area contributed by atoms with Crippen molar-refractivity contribution in [2.24, 2.45) is 0 Å². The molecule has 142 valence electrons. The number of anilines is 1. The Hall–Kier alpha value is -2.89. The van der Waals surface area contributed by atoms with Crippen LogP contribution in [0.4, 0.5) is 5.82 Å². The first-order valence-corrected chi connectivity index (χ1v) is 9.04. The second-order valence-electron chi connectivity index (χ2n) is 7.03. The van der Waals surface area contributed by atoms with Crippen molar-refractivity contribution in [2.45, 2.75) is 18.3 Å². The maximum Gasteiger partial charge on any atom is 0.316 e. The lowest BCUT2D eigenvalue weighted by Crippen LogP contribution is -2.49. The molecule has 2 heterocycles. The summed E-state index contributed by atoms with van der Waals surface area (Å²) in [6, 6.07) is 13.2. The zero-order chi connectivity index (χ0) is 19.4. The van der Waals surface area contributed by atoms with Crippen molar-refractivity contribution in [3.8, 4) is 0 Å². The average Bonchev–Trinajstić information content (AvgIpc) is 2.73. The molecule has 27 heavy (non-hydrogen) atoms. The second-order valence-corrected chi connectivity index (χ2v) is 7.03. The minimum atomic E-state index is -0.695. The van der Waals surface area contributed by atoms with Gasteiger partial charge in [0.2, 0.25) is 0 Å². The molecule has 0 saturated carbocycles. The van der Waals surface area contributed by atoms with E-state index >= 15 is 0 Å². The Morgan fingerprint density at radius 2 is 1.78 bits per heavy atom. The smallest absolute Gasteiger partial charge is 0.316 e. The number of likely N-dealkylation sites (tertiary alicyclic amines) is 1. The first-order chi connectivity index (χ1) is 13.0. The predicted molar refractivity (Wildman–Crippen MR) is 104 cm³/mol. The highest BCUT2D eigenvalue weighted by Gasteiger charge is 2.44. The summed E-state index contributed by atoms with van der Waals surface area (Å²) >= 11 is 0. The third-order valence-electron chi connectivity index (χ3n) is 5.26. The molecule has 2 aromatic rings. The van der Waals surface area contributed by atoms with E-state index in [0.29, 0.717) is 31.5 Å². The molecule has 1 aliphatic heterocycles. The van der Waals surface area contributed by atoms with Gasteiger partial charge in [0.1, 0.15) is 5.82 Å². The van der Waals surface area contributed by atoms with Gasteiger partial charge in [-0.3, -0.25) is 9.59 Å². The summed E-state index contributed by atoms with van der Waals surface area (Å²) in [7, 11) is 5.20. The molecule has 0 bridgehead atoms. The van der Waals surface area contributed by atoms with Crippen LogP contribution in [0.3, 0.4) is 0 Å². The number of ether oxygens (including phenoxy) is 1. The minimum Gasteiger partial charge on any atom is -0.468 e. The highest BCUT2D eigenvalue weighted by atomic mass is 16.5. The first-order valence-electron chi connectivity index (χ1n) is 9.04. The first kappa shape index (κ1) is 18.9. The molecular formula is C21H25N3O3. The molecule has 3 rings (SSSR count). The van der Waals surface area contributed by atoms with Crippen molar-refractivity contribution in [3.63, 3.8) is 0 Å². The van der Waals surface area contributed by atoms with Gasteiger partial charge >= 0.3 is 5.97 Å². The standard InChI is InChI=1S/C21H25N3O3/c1-23(2)18-15-16(9-12-22-18)19(25)24-13-10-21(11-14-24,20(26)27-3)17-7-5-4-6-8-17/h4-9,12,15H,10-11,13-14H2,1-3H3. The molecule has 0 spiro atoms. The van der Waals surface area contributed by atoms with Gasteiger partial charge in [-0.2, -0.15) is 0 Å². The quantitative estimate of drug-likeness (QED) is 0.777. The minimum absolute atomic E-state index is 0.0352. The highest BCUT2D eigenvalue weighted by molar-refractivity contribution is 5.95. The summed E-state index contributed by atoms with van der Waals surface area (Å²) in [5, 5.41) is 0. The molecule has 0 radical (unpaired) electrons. The van der Waals surface area contributed by atoms with Crippen molar-refractivity contribution < 1.29 is 14.3 Å². The molecule has 6 nitrogen and oxygen atoms in total. The van der Waals surface area contributed by atoms with Crippen LogP contribution in [0, 0.1) is 0 Å². The Morgan fingerprint density at radius 3 is 2.37 bits per heavy atom. The lowest BCUT2D eigenvalue weighted by molar-refractivity contribution is -0.149. The van der Waals surface area contributed by atoms with E-state index in [-0.39, 0.29) is 11.9 Å². The summed E-state index contributed by atoms with van der Waals surface area (Å²) in [5.41, 5.74) is 0.863. The average molecular weight is 367 g/mol. The summed E-state index contributed by atoms with van der Waals surface area (Å²) < 4.78 is 5.11. The van der Waals surface area contributed by atoms with Gasteiger partial charge in [-0.05, 0) is 30.5 Å². The van der Waals surface area contributed by atoms with Gasteiger partial charge in [-0.1, -0.05) is 30.3 Å². The van der Waals surface area contributed by atoms with E-state index in [4.69, 9.17) is 4.74 Å². The Kier molecular flexibility index (Phi) is 5.44. The number of nitrogens with zero attached hydrogens (tertiary/aromatic N) is 3. The molecule has 1 fully saturated rings. The molecule has 1 aromatic carbocycles. The largest absolute Gasteiger partial charge is 0.468 e. The number of esters is 1. The monoisotopic (exact) mass is 367 g/mol. The second kappa shape index (κ2) is 7.78. The van der Waals surface area contributed by atoms with E-state index in [2.05, 4.69) is 4.98 Å². The van der Waals surface area contributed by atoms with Crippen LogP contribution in [0.15, 0.2) is 48.7 Å². The van der Waals surface area contributed by atoms with Crippen LogP contribution in [-0.2, 0) is 14.9 Å². The van der Waals surface area contributed by atoms with Crippen molar-refractivity contribution in [2.75, 3.05) is 39.2 Å². The fourth-order valence-corrected chi connectivity index (χ4v) is 3.63. The number of pyridine rings is 1. The van der Waals surface area contributed by atoms with Crippen LogP contribution in [0.5, 0.6) is 0 Å². The molecule has 1 aliphatic rings. The van der Waals surface area contributed by atoms with E-state index in [0.717, 1.165) is 11.4 Å². The number of rotatable bonds is 4. The summed E-state index contributed by atoms with van der Waals surface area (Å²) in [6.45, 7) is 1.00. The number of carbonyl (C=O) groups excluding carboxylic acids is 2. The SMILES string of the molecule is COC(=O)C1(c2ccccc2)CCN(C(=O)c2ccnc(N(C)C)c2)CC1. The molecule has 0 unspecified atom stereocenters. The van der Waals surface area contributed by atoms with Crippen molar-refractivity contribution in [1.82, 2.24) is 9.88 Å². The molecule has 0 aliphatic carbocycles. The number of benzene rings is 1. The van der Waals surface area contributed by atoms with Gasteiger partial charge in [0, 0.05) is 38.9 Å². The van der Waals surface area contributed by atoms with E-state index in [1.165, 1.54) is 7.11 Å². The fourth-order valence-electron chi connectivity index (χ4n) is 3.63. The lowest BCUT2D eigenvalue weighted by Gasteiger charge is -2.40. The van der Waals surface area contributed by atoms with Crippen LogP contribution in [0.25, 0.3) is 0 Å². The molecular weight excluding hydrogens is 342 g/mol. The van der Waals surface area contributed by atoms with E-state index in [1.807, 2.05) is 49.3 Å². The lowest BCUT2D eigenvalue weighted by atomic mass is 9.72. The zero-order valence-corrected chi connectivity index (χ0v) is 16.0. The van der Waals surface area contributed by atoms with Gasteiger partial charge in [0.05, 0.1) is 12.5 Å². The van der Waals surface area contributed by atoms with Crippen LogP contribution in [0.1, 0.15) is 28.8 Å². The summed E-state index contributed by atoms with van der Waals surface area (Å²) in [6.07, 6.45) is 2.73. The number of hydrogen-bond donors (Lipinski definition) is 0. The third-order valence-corrected chi connectivity index (χ3v) is 5.26. The fraction of sp³-hybridized carbons (Fsp3) is 0.381. The third kappa shape index (κ3) is 3.65. The maximum atomic E-state index is 12.9. The van der Waals surface area contributed by atoms with Crippen LogP contribution in [0.2, 0.25) is 0 Å². The molecule has 0 N–H and O–H groups in total. The van der Waals surface area contributed by atoms with Gasteiger partial charge in [-0.25, -0.2) is 4.98 Å². The number of amides is 1. The van der Waals surface area contributed by atoms with E-state index < -0.39 is 5.41 Å². The van der Waals surface area contributed by atoms with Crippen LogP contribution >= 0.6 is 0 Å². The highest BCUT2D eigenvalue weighted by Crippen LogP contribution is 2.37. The molecule has 1 saturated heterocycles. The Balaban J connectivity index is 1.79. The maximum absolute atomic E-state index is 12.9. The molecule has 0 atom stereocenters. The molecule has 6 heteroatoms. The van der Waals surface area contributed by atoms with E-state index in [9.17, 15) is 9.59 Å². The number of aromatic nitrogens is 1. The normalized spacial score (nSPS) is 15.9. The van der Waals surface area contributed by atoms with Crippen LogP contribution < -0.4 is 4.90 Å². The number of piperidine rings is 1. The summed E-state index contributed by atoms with van der Waals surface area (Å²) in [4.78, 5) is 33.5. The number of methoxy groups -OCH3 is 1. The predicted octanol–water partition coefficient (Wildman–Crippen LogP) is 2.49. The number of carbonyl (C=O) groups is 2. The zero-order valence-electron chi connectivity index (χ0n) is 16.0. The molecule has 1 aromatic heterocycles. The van der Waals surface area contributed by atoms with Crippen molar-refractivity contribution >= 4 is 17.7 Å². The Labute approximate surface area is 159 Å². The molecule has 1 amide bonds. The Morgan fingerprint density at radius 1 is 1.11 bits per heavy atom. The number of hydrogen-bond acceptors (Lipinski definition) is 5. The van der Waals surface area contributed by atoms with Crippen molar-refractivity contribution in [3.05, 3.63) is 59.8 Å². The van der Waals surface area contributed by atoms with Crippen LogP contribution in [-0.4, -0.2) is 56.1 Å². The van der Waals surface area contributed by atoms with Gasteiger partial charge in [-0.15, -0.1) is 0 Å². The van der Waals surface area contributed by atoms with Gasteiger partial charge < -0.3 is 14.5 Å². The van der Waals surface area contributed by atoms with Gasteiger partial charge in [0.15, 0.2) is 0 Å². The van der Waals surface area contributed by atoms with E-state index in [1.54, 1.807) is 23.2 Å².